The van der Waals surface area contributed by atoms with Gasteiger partial charge in [0.2, 0.25) is 0 Å². The molecule has 4 rings (SSSR count). The first-order valence-electron chi connectivity index (χ1n) is 10.9. The molecule has 0 aromatic heterocycles. The van der Waals surface area contributed by atoms with Gasteiger partial charge in [0, 0.05) is 18.5 Å². The third-order valence-electron chi connectivity index (χ3n) is 6.31. The molecule has 1 heterocycles. The molecule has 0 radical (unpaired) electrons. The number of rotatable bonds is 6. The van der Waals surface area contributed by atoms with Crippen LogP contribution in [0.25, 0.3) is 11.1 Å². The van der Waals surface area contributed by atoms with Crippen LogP contribution in [-0.4, -0.2) is 19.6 Å². The lowest BCUT2D eigenvalue weighted by atomic mass is 9.73. The summed E-state index contributed by atoms with van der Waals surface area (Å²) < 4.78 is 40.9. The van der Waals surface area contributed by atoms with Crippen LogP contribution in [0.5, 0.6) is 0 Å². The van der Waals surface area contributed by atoms with E-state index in [-0.39, 0.29) is 5.41 Å². The number of benzene rings is 3. The fourth-order valence-electron chi connectivity index (χ4n) is 4.51. The van der Waals surface area contributed by atoms with E-state index in [9.17, 15) is 13.2 Å². The predicted molar refractivity (Wildman–Crippen MR) is 129 cm³/mol. The Kier molecular flexibility index (Phi) is 7.34. The normalized spacial score (nSPS) is 16.0. The van der Waals surface area contributed by atoms with Crippen molar-refractivity contribution in [2.45, 2.75) is 31.0 Å². The van der Waals surface area contributed by atoms with E-state index in [2.05, 4.69) is 22.8 Å². The summed E-state index contributed by atoms with van der Waals surface area (Å²) in [6.07, 6.45) is -2.50. The summed E-state index contributed by atoms with van der Waals surface area (Å²) in [5.74, 6) is 0. The van der Waals surface area contributed by atoms with Crippen molar-refractivity contribution in [2.24, 2.45) is 0 Å². The molecule has 0 unspecified atom stereocenters. The average molecular weight is 493 g/mol. The minimum absolute atomic E-state index is 0.0410. The summed E-state index contributed by atoms with van der Waals surface area (Å²) in [5, 5.41) is 7.52. The Morgan fingerprint density at radius 1 is 0.848 bits per heavy atom. The molecule has 0 atom stereocenters. The van der Waals surface area contributed by atoms with Gasteiger partial charge in [-0.25, -0.2) is 0 Å². The number of hydrogen-bond donors (Lipinski definition) is 2. The van der Waals surface area contributed by atoms with Crippen LogP contribution in [0, 0.1) is 0 Å². The number of alkyl halides is 3. The standard InChI is InChI=1S/C26H25Cl2F3N2/c27-23-7-6-19(15-24(23)28)20-12-18(13-22(14-20)26(29,30)31)16-33-17-25(8-10-32-11-9-25)21-4-2-1-3-5-21/h1-7,12-15,32-33H,8-11,16-17H2. The lowest BCUT2D eigenvalue weighted by Crippen LogP contribution is -2.46. The summed E-state index contributed by atoms with van der Waals surface area (Å²) in [6.45, 7) is 2.86. The molecular formula is C26H25Cl2F3N2. The maximum absolute atomic E-state index is 13.6. The highest BCUT2D eigenvalue weighted by Crippen LogP contribution is 2.36. The second-order valence-electron chi connectivity index (χ2n) is 8.55. The Labute approximate surface area is 202 Å². The van der Waals surface area contributed by atoms with E-state index in [0.29, 0.717) is 39.8 Å². The third kappa shape index (κ3) is 5.72. The topological polar surface area (TPSA) is 24.1 Å². The minimum Gasteiger partial charge on any atom is -0.317 e. The van der Waals surface area contributed by atoms with Gasteiger partial charge in [-0.05, 0) is 78.5 Å². The number of hydrogen-bond acceptors (Lipinski definition) is 2. The van der Waals surface area contributed by atoms with Crippen molar-refractivity contribution in [3.63, 3.8) is 0 Å². The molecule has 7 heteroatoms. The fraction of sp³-hybridized carbons (Fsp3) is 0.308. The third-order valence-corrected chi connectivity index (χ3v) is 7.05. The van der Waals surface area contributed by atoms with E-state index in [4.69, 9.17) is 23.2 Å². The van der Waals surface area contributed by atoms with Gasteiger partial charge in [0.15, 0.2) is 0 Å². The Bertz CT molecular complexity index is 1090. The summed E-state index contributed by atoms with van der Waals surface area (Å²) in [5.41, 5.74) is 2.17. The highest BCUT2D eigenvalue weighted by atomic mass is 35.5. The maximum Gasteiger partial charge on any atom is 0.416 e. The van der Waals surface area contributed by atoms with Crippen LogP contribution in [0.1, 0.15) is 29.5 Å². The molecule has 0 aliphatic carbocycles. The van der Waals surface area contributed by atoms with E-state index in [0.717, 1.165) is 32.0 Å². The zero-order chi connectivity index (χ0) is 23.5. The molecular weight excluding hydrogens is 468 g/mol. The summed E-state index contributed by atoms with van der Waals surface area (Å²) in [6, 6.07) is 19.4. The molecule has 0 bridgehead atoms. The van der Waals surface area contributed by atoms with Crippen LogP contribution >= 0.6 is 23.2 Å². The van der Waals surface area contributed by atoms with E-state index in [1.165, 1.54) is 11.6 Å². The second-order valence-corrected chi connectivity index (χ2v) is 9.36. The highest BCUT2D eigenvalue weighted by molar-refractivity contribution is 6.42. The largest absolute Gasteiger partial charge is 0.416 e. The van der Waals surface area contributed by atoms with Gasteiger partial charge >= 0.3 is 6.18 Å². The molecule has 2 nitrogen and oxygen atoms in total. The molecule has 0 amide bonds. The van der Waals surface area contributed by atoms with E-state index < -0.39 is 11.7 Å². The molecule has 1 fully saturated rings. The molecule has 3 aromatic carbocycles. The van der Waals surface area contributed by atoms with Crippen LogP contribution < -0.4 is 10.6 Å². The van der Waals surface area contributed by atoms with Crippen molar-refractivity contribution < 1.29 is 13.2 Å². The first-order valence-corrected chi connectivity index (χ1v) is 11.7. The molecule has 2 N–H and O–H groups in total. The van der Waals surface area contributed by atoms with Gasteiger partial charge in [-0.15, -0.1) is 0 Å². The zero-order valence-corrected chi connectivity index (χ0v) is 19.5. The Balaban J connectivity index is 1.58. The van der Waals surface area contributed by atoms with Crippen molar-refractivity contribution in [1.29, 1.82) is 0 Å². The van der Waals surface area contributed by atoms with E-state index in [1.54, 1.807) is 24.3 Å². The van der Waals surface area contributed by atoms with Crippen molar-refractivity contribution in [2.75, 3.05) is 19.6 Å². The Hall–Kier alpha value is -2.05. The molecule has 0 saturated carbocycles. The summed E-state index contributed by atoms with van der Waals surface area (Å²) in [4.78, 5) is 0. The van der Waals surface area contributed by atoms with Gasteiger partial charge in [0.05, 0.1) is 15.6 Å². The lowest BCUT2D eigenvalue weighted by molar-refractivity contribution is -0.137. The molecule has 33 heavy (non-hydrogen) atoms. The quantitative estimate of drug-likeness (QED) is 0.383. The molecule has 1 aliphatic heterocycles. The maximum atomic E-state index is 13.6. The Morgan fingerprint density at radius 3 is 2.24 bits per heavy atom. The predicted octanol–water partition coefficient (Wildman–Crippen LogP) is 7.09. The second kappa shape index (κ2) is 10.1. The number of piperidine rings is 1. The van der Waals surface area contributed by atoms with E-state index >= 15 is 0 Å². The summed E-state index contributed by atoms with van der Waals surface area (Å²) in [7, 11) is 0. The van der Waals surface area contributed by atoms with Crippen molar-refractivity contribution in [3.8, 4) is 11.1 Å². The highest BCUT2D eigenvalue weighted by Gasteiger charge is 2.34. The smallest absolute Gasteiger partial charge is 0.317 e. The molecule has 3 aromatic rings. The van der Waals surface area contributed by atoms with Gasteiger partial charge in [-0.1, -0.05) is 59.6 Å². The van der Waals surface area contributed by atoms with Crippen LogP contribution in [0.2, 0.25) is 10.0 Å². The van der Waals surface area contributed by atoms with Crippen molar-refractivity contribution in [3.05, 3.63) is 93.5 Å². The minimum atomic E-state index is -4.44. The average Bonchev–Trinajstić information content (AvgIpc) is 2.81. The Morgan fingerprint density at radius 2 is 1.58 bits per heavy atom. The fourth-order valence-corrected chi connectivity index (χ4v) is 4.81. The first kappa shape index (κ1) is 24.1. The van der Waals surface area contributed by atoms with Gasteiger partial charge < -0.3 is 10.6 Å². The zero-order valence-electron chi connectivity index (χ0n) is 18.0. The molecule has 1 saturated heterocycles. The van der Waals surface area contributed by atoms with Crippen molar-refractivity contribution in [1.82, 2.24) is 10.6 Å². The molecule has 174 valence electrons. The van der Waals surface area contributed by atoms with Crippen LogP contribution in [0.4, 0.5) is 13.2 Å². The summed E-state index contributed by atoms with van der Waals surface area (Å²) >= 11 is 12.1. The van der Waals surface area contributed by atoms with E-state index in [1.807, 2.05) is 18.2 Å². The first-order chi connectivity index (χ1) is 15.8. The number of nitrogens with one attached hydrogen (secondary N) is 2. The van der Waals surface area contributed by atoms with Crippen LogP contribution in [-0.2, 0) is 18.1 Å². The SMILES string of the molecule is FC(F)(F)c1cc(CNCC2(c3ccccc3)CCNCC2)cc(-c2ccc(Cl)c(Cl)c2)c1. The van der Waals surface area contributed by atoms with Gasteiger partial charge in [-0.3, -0.25) is 0 Å². The van der Waals surface area contributed by atoms with Gasteiger partial charge in [0.25, 0.3) is 0 Å². The van der Waals surface area contributed by atoms with Crippen LogP contribution in [0.15, 0.2) is 66.7 Å². The molecule has 1 aliphatic rings. The number of halogens is 5. The molecule has 0 spiro atoms. The van der Waals surface area contributed by atoms with Crippen molar-refractivity contribution >= 4 is 23.2 Å². The lowest BCUT2D eigenvalue weighted by Gasteiger charge is -2.38. The van der Waals surface area contributed by atoms with Crippen LogP contribution in [0.3, 0.4) is 0 Å². The monoisotopic (exact) mass is 492 g/mol. The van der Waals surface area contributed by atoms with Gasteiger partial charge in [-0.2, -0.15) is 13.2 Å². The van der Waals surface area contributed by atoms with Gasteiger partial charge in [0.1, 0.15) is 0 Å².